The van der Waals surface area contributed by atoms with Gasteiger partial charge in [0.2, 0.25) is 0 Å². The third kappa shape index (κ3) is 3.84. The molecule has 0 aliphatic carbocycles. The fourth-order valence-electron chi connectivity index (χ4n) is 3.71. The van der Waals surface area contributed by atoms with E-state index in [0.717, 1.165) is 6.20 Å². The van der Waals surface area contributed by atoms with E-state index in [9.17, 15) is 14.3 Å². The van der Waals surface area contributed by atoms with E-state index in [4.69, 9.17) is 4.98 Å². The Hall–Kier alpha value is -4.31. The van der Waals surface area contributed by atoms with Crippen molar-refractivity contribution in [3.8, 4) is 33.8 Å². The Morgan fingerprint density at radius 2 is 1.88 bits per heavy atom. The van der Waals surface area contributed by atoms with Crippen LogP contribution in [0.1, 0.15) is 13.0 Å². The molecule has 170 valence electrons. The maximum atomic E-state index is 13.5. The van der Waals surface area contributed by atoms with E-state index in [1.54, 1.807) is 55.4 Å². The lowest BCUT2D eigenvalue weighted by Gasteiger charge is -2.14. The molecular formula is C24H20FN7O2. The van der Waals surface area contributed by atoms with Crippen molar-refractivity contribution in [1.29, 1.82) is 0 Å². The van der Waals surface area contributed by atoms with Gasteiger partial charge in [0.25, 0.3) is 5.56 Å². The van der Waals surface area contributed by atoms with Gasteiger partial charge in [-0.05, 0) is 31.2 Å². The smallest absolute Gasteiger partial charge is 0.261 e. The van der Waals surface area contributed by atoms with Crippen LogP contribution in [-0.2, 0) is 7.05 Å². The number of fused-ring (bicyclic) bond motifs is 1. The molecule has 0 aromatic carbocycles. The summed E-state index contributed by atoms with van der Waals surface area (Å²) in [5, 5.41) is 14.1. The van der Waals surface area contributed by atoms with Gasteiger partial charge in [0, 0.05) is 42.3 Å². The Morgan fingerprint density at radius 3 is 2.56 bits per heavy atom. The molecule has 0 bridgehead atoms. The molecule has 0 radical (unpaired) electrons. The zero-order chi connectivity index (χ0) is 23.8. The van der Waals surface area contributed by atoms with Crippen LogP contribution in [0, 0.1) is 5.82 Å². The molecule has 34 heavy (non-hydrogen) atoms. The first-order valence-electron chi connectivity index (χ1n) is 10.5. The average molecular weight is 457 g/mol. The third-order valence-electron chi connectivity index (χ3n) is 5.55. The topological polar surface area (TPSA) is 112 Å². The number of aliphatic hydroxyl groups is 1. The predicted molar refractivity (Wildman–Crippen MR) is 124 cm³/mol. The molecule has 0 saturated carbocycles. The van der Waals surface area contributed by atoms with Crippen molar-refractivity contribution >= 4 is 10.9 Å². The Morgan fingerprint density at radius 1 is 1.03 bits per heavy atom. The van der Waals surface area contributed by atoms with E-state index in [1.165, 1.54) is 23.2 Å². The Balaban J connectivity index is 1.69. The summed E-state index contributed by atoms with van der Waals surface area (Å²) < 4.78 is 16.6. The van der Waals surface area contributed by atoms with Crippen LogP contribution in [0.5, 0.6) is 0 Å². The van der Waals surface area contributed by atoms with Gasteiger partial charge in [0.05, 0.1) is 48.1 Å². The molecular weight excluding hydrogens is 437 g/mol. The van der Waals surface area contributed by atoms with Crippen LogP contribution in [0.2, 0.25) is 0 Å². The summed E-state index contributed by atoms with van der Waals surface area (Å²) in [6.45, 7) is 1.55. The van der Waals surface area contributed by atoms with E-state index in [-0.39, 0.29) is 12.2 Å². The molecule has 0 aliphatic heterocycles. The second-order valence-corrected chi connectivity index (χ2v) is 7.97. The SMILES string of the molecule is C[C@@H](CO)n1cnc2c(-c3cnn(C)c3)nc(-c3ccc(-c4cncc(F)c4)nc3)cc2c1=O. The minimum absolute atomic E-state index is 0.194. The number of hydrogen-bond donors (Lipinski definition) is 1. The fraction of sp³-hybridized carbons (Fsp3) is 0.167. The largest absolute Gasteiger partial charge is 0.394 e. The molecule has 0 unspecified atom stereocenters. The molecule has 0 amide bonds. The van der Waals surface area contributed by atoms with Crippen LogP contribution >= 0.6 is 0 Å². The second kappa shape index (κ2) is 8.56. The summed E-state index contributed by atoms with van der Waals surface area (Å²) >= 11 is 0. The fourth-order valence-corrected chi connectivity index (χ4v) is 3.71. The number of aliphatic hydroxyl groups excluding tert-OH is 1. The number of pyridine rings is 3. The first-order valence-corrected chi connectivity index (χ1v) is 10.5. The van der Waals surface area contributed by atoms with Crippen LogP contribution in [-0.4, -0.2) is 46.0 Å². The average Bonchev–Trinajstić information content (AvgIpc) is 3.29. The van der Waals surface area contributed by atoms with Gasteiger partial charge in [0.15, 0.2) is 0 Å². The lowest BCUT2D eigenvalue weighted by Crippen LogP contribution is -2.25. The predicted octanol–water partition coefficient (Wildman–Crippen LogP) is 3.01. The zero-order valence-electron chi connectivity index (χ0n) is 18.4. The number of hydrogen-bond acceptors (Lipinski definition) is 7. The normalized spacial score (nSPS) is 12.2. The lowest BCUT2D eigenvalue weighted by molar-refractivity contribution is 0.236. The van der Waals surface area contributed by atoms with E-state index in [1.807, 2.05) is 0 Å². The van der Waals surface area contributed by atoms with Gasteiger partial charge < -0.3 is 5.11 Å². The van der Waals surface area contributed by atoms with Crippen LogP contribution in [0.25, 0.3) is 44.7 Å². The third-order valence-corrected chi connectivity index (χ3v) is 5.55. The quantitative estimate of drug-likeness (QED) is 0.432. The summed E-state index contributed by atoms with van der Waals surface area (Å²) in [7, 11) is 1.79. The Kier molecular flexibility index (Phi) is 5.42. The minimum Gasteiger partial charge on any atom is -0.394 e. The van der Waals surface area contributed by atoms with Crippen LogP contribution < -0.4 is 5.56 Å². The Bertz CT molecular complexity index is 1560. The van der Waals surface area contributed by atoms with Gasteiger partial charge in [-0.2, -0.15) is 5.10 Å². The number of nitrogens with zero attached hydrogens (tertiary/aromatic N) is 7. The molecule has 5 aromatic rings. The number of aryl methyl sites for hydroxylation is 1. The number of halogens is 1. The van der Waals surface area contributed by atoms with E-state index >= 15 is 0 Å². The molecule has 10 heteroatoms. The van der Waals surface area contributed by atoms with Gasteiger partial charge in [-0.25, -0.2) is 14.4 Å². The van der Waals surface area contributed by atoms with Crippen molar-refractivity contribution in [2.45, 2.75) is 13.0 Å². The van der Waals surface area contributed by atoms with E-state index in [0.29, 0.717) is 44.7 Å². The van der Waals surface area contributed by atoms with Crippen molar-refractivity contribution in [1.82, 2.24) is 34.3 Å². The molecule has 0 spiro atoms. The van der Waals surface area contributed by atoms with E-state index in [2.05, 4.69) is 20.1 Å². The molecule has 0 fully saturated rings. The van der Waals surface area contributed by atoms with Gasteiger partial charge in [-0.3, -0.25) is 24.0 Å². The lowest BCUT2D eigenvalue weighted by atomic mass is 10.1. The summed E-state index contributed by atoms with van der Waals surface area (Å²) in [5.41, 5.74) is 3.70. The Labute approximate surface area is 193 Å². The molecule has 5 aromatic heterocycles. The highest BCUT2D eigenvalue weighted by atomic mass is 19.1. The van der Waals surface area contributed by atoms with Gasteiger partial charge >= 0.3 is 0 Å². The molecule has 9 nitrogen and oxygen atoms in total. The molecule has 0 aliphatic rings. The zero-order valence-corrected chi connectivity index (χ0v) is 18.4. The molecule has 1 atom stereocenters. The van der Waals surface area contributed by atoms with Gasteiger partial charge in [-0.1, -0.05) is 0 Å². The summed E-state index contributed by atoms with van der Waals surface area (Å²) in [6, 6.07) is 6.16. The highest BCUT2D eigenvalue weighted by Crippen LogP contribution is 2.29. The maximum Gasteiger partial charge on any atom is 0.261 e. The summed E-state index contributed by atoms with van der Waals surface area (Å²) in [6.07, 6.45) is 9.18. The van der Waals surface area contributed by atoms with Crippen molar-refractivity contribution in [3.63, 3.8) is 0 Å². The first-order chi connectivity index (χ1) is 16.4. The molecule has 5 rings (SSSR count). The molecule has 0 saturated heterocycles. The maximum absolute atomic E-state index is 13.5. The monoisotopic (exact) mass is 457 g/mol. The van der Waals surface area contributed by atoms with Gasteiger partial charge in [-0.15, -0.1) is 0 Å². The molecule has 1 N–H and O–H groups in total. The second-order valence-electron chi connectivity index (χ2n) is 7.97. The highest BCUT2D eigenvalue weighted by Gasteiger charge is 2.17. The first kappa shape index (κ1) is 21.5. The summed E-state index contributed by atoms with van der Waals surface area (Å²) in [4.78, 5) is 30.9. The van der Waals surface area contributed by atoms with Crippen LogP contribution in [0.4, 0.5) is 4.39 Å². The molecule has 5 heterocycles. The number of aromatic nitrogens is 7. The highest BCUT2D eigenvalue weighted by molar-refractivity contribution is 5.93. The standard InChI is InChI=1S/C24H20FN7O2/c1-14(12-33)32-13-28-23-19(24(32)34)6-21(30-22(23)17-9-29-31(2)11-17)15-3-4-20(27-8-15)16-5-18(25)10-26-7-16/h3-11,13-14,33H,12H2,1-2H3/t14-/m0/s1. The van der Waals surface area contributed by atoms with Crippen molar-refractivity contribution < 1.29 is 9.50 Å². The van der Waals surface area contributed by atoms with Gasteiger partial charge in [0.1, 0.15) is 17.0 Å². The van der Waals surface area contributed by atoms with Crippen LogP contribution in [0.15, 0.2) is 66.4 Å². The van der Waals surface area contributed by atoms with Crippen molar-refractivity contribution in [2.24, 2.45) is 7.05 Å². The van der Waals surface area contributed by atoms with Crippen molar-refractivity contribution in [2.75, 3.05) is 6.61 Å². The minimum atomic E-state index is -0.443. The summed E-state index contributed by atoms with van der Waals surface area (Å²) in [5.74, 6) is -0.443. The van der Waals surface area contributed by atoms with E-state index < -0.39 is 11.9 Å². The number of rotatable bonds is 5. The van der Waals surface area contributed by atoms with Crippen LogP contribution in [0.3, 0.4) is 0 Å². The van der Waals surface area contributed by atoms with Crippen molar-refractivity contribution in [3.05, 3.63) is 77.7 Å².